The molecule has 1 saturated heterocycles. The molecule has 1 amide bonds. The third kappa shape index (κ3) is 3.10. The van der Waals surface area contributed by atoms with E-state index in [9.17, 15) is 4.79 Å². The predicted octanol–water partition coefficient (Wildman–Crippen LogP) is 3.66. The molecule has 0 unspecified atom stereocenters. The van der Waals surface area contributed by atoms with Crippen molar-refractivity contribution in [2.24, 2.45) is 17.3 Å². The first-order valence-corrected chi connectivity index (χ1v) is 10.3. The number of carbonyl (C=O) groups is 1. The highest BCUT2D eigenvalue weighted by Gasteiger charge is 2.57. The number of halogens is 1. The molecule has 4 saturated carbocycles. The van der Waals surface area contributed by atoms with Crippen LogP contribution in [0.3, 0.4) is 0 Å². The number of hydrogen-bond donors (Lipinski definition) is 0. The van der Waals surface area contributed by atoms with Crippen molar-refractivity contribution in [3.05, 3.63) is 0 Å². The van der Waals surface area contributed by atoms with Crippen LogP contribution in [-0.4, -0.2) is 53.3 Å². The van der Waals surface area contributed by atoms with Gasteiger partial charge in [0.2, 0.25) is 5.91 Å². The minimum Gasteiger partial charge on any atom is -0.343 e. The lowest BCUT2D eigenvalue weighted by Crippen LogP contribution is -2.54. The van der Waals surface area contributed by atoms with Crippen molar-refractivity contribution in [3.63, 3.8) is 0 Å². The molecule has 4 aliphatic carbocycles. The Morgan fingerprint density at radius 2 is 1.78 bits per heavy atom. The maximum atomic E-state index is 13.0. The topological polar surface area (TPSA) is 23.6 Å². The number of piperidine rings is 1. The summed E-state index contributed by atoms with van der Waals surface area (Å²) in [6.07, 6.45) is 11.1. The average molecular weight is 383 g/mol. The zero-order valence-corrected chi connectivity index (χ0v) is 16.3. The van der Waals surface area contributed by atoms with Gasteiger partial charge in [-0.25, -0.2) is 0 Å². The Morgan fingerprint density at radius 1 is 1.17 bits per heavy atom. The first-order valence-electron chi connectivity index (χ1n) is 9.50. The zero-order chi connectivity index (χ0) is 16.2. The molecule has 2 atom stereocenters. The van der Waals surface area contributed by atoms with E-state index in [1.807, 2.05) is 0 Å². The van der Waals surface area contributed by atoms with Gasteiger partial charge >= 0.3 is 0 Å². The van der Waals surface area contributed by atoms with Crippen molar-refractivity contribution < 1.29 is 4.79 Å². The molecule has 0 aromatic rings. The van der Waals surface area contributed by atoms with Crippen molar-refractivity contribution in [2.75, 3.05) is 27.2 Å². The van der Waals surface area contributed by atoms with E-state index < -0.39 is 0 Å². The smallest absolute Gasteiger partial charge is 0.223 e. The molecular weight excluding hydrogens is 352 g/mol. The van der Waals surface area contributed by atoms with Gasteiger partial charge in [-0.2, -0.15) is 0 Å². The zero-order valence-electron chi connectivity index (χ0n) is 14.7. The fraction of sp³-hybridized carbons (Fsp3) is 0.947. The minimum atomic E-state index is 0.310. The predicted molar refractivity (Wildman–Crippen MR) is 96.7 cm³/mol. The van der Waals surface area contributed by atoms with Crippen LogP contribution in [0.15, 0.2) is 0 Å². The molecule has 5 rings (SSSR count). The Morgan fingerprint density at radius 3 is 2.35 bits per heavy atom. The maximum absolute atomic E-state index is 13.0. The molecular formula is C19H31BrN2O. The van der Waals surface area contributed by atoms with Gasteiger partial charge in [-0.15, -0.1) is 0 Å². The molecule has 0 aromatic carbocycles. The van der Waals surface area contributed by atoms with E-state index in [2.05, 4.69) is 39.8 Å². The lowest BCUT2D eigenvalue weighted by Gasteiger charge is -2.60. The fourth-order valence-electron chi connectivity index (χ4n) is 6.57. The van der Waals surface area contributed by atoms with Gasteiger partial charge in [0.1, 0.15) is 0 Å². The number of likely N-dealkylation sites (tertiary alicyclic amines) is 1. The minimum absolute atomic E-state index is 0.310. The summed E-state index contributed by atoms with van der Waals surface area (Å²) in [4.78, 5) is 17.5. The summed E-state index contributed by atoms with van der Waals surface area (Å²) in [7, 11) is 4.24. The Hall–Kier alpha value is -0.0900. The van der Waals surface area contributed by atoms with Gasteiger partial charge in [-0.3, -0.25) is 4.79 Å². The molecule has 130 valence electrons. The molecule has 3 nitrogen and oxygen atoms in total. The lowest BCUT2D eigenvalue weighted by atomic mass is 9.48. The molecule has 5 aliphatic rings. The highest BCUT2D eigenvalue weighted by atomic mass is 79.9. The molecule has 0 aromatic heterocycles. The molecule has 0 spiro atoms. The van der Waals surface area contributed by atoms with Crippen molar-refractivity contribution in [1.82, 2.24) is 9.80 Å². The maximum Gasteiger partial charge on any atom is 0.223 e. The number of rotatable bonds is 3. The normalized spacial score (nSPS) is 43.8. The Bertz CT molecular complexity index is 472. The summed E-state index contributed by atoms with van der Waals surface area (Å²) < 4.78 is 0.365. The van der Waals surface area contributed by atoms with E-state index in [0.29, 0.717) is 21.7 Å². The highest BCUT2D eigenvalue weighted by Crippen LogP contribution is 2.65. The molecule has 0 N–H and O–H groups in total. The van der Waals surface area contributed by atoms with Gasteiger partial charge in [-0.1, -0.05) is 15.9 Å². The second-order valence-electron chi connectivity index (χ2n) is 9.33. The fourth-order valence-corrected chi connectivity index (χ4v) is 8.08. The van der Waals surface area contributed by atoms with Gasteiger partial charge in [0.15, 0.2) is 0 Å². The third-order valence-electron chi connectivity index (χ3n) is 7.27. The van der Waals surface area contributed by atoms with Crippen molar-refractivity contribution in [2.45, 2.75) is 68.2 Å². The Kier molecular flexibility index (Phi) is 4.08. The van der Waals surface area contributed by atoms with Crippen LogP contribution in [0.5, 0.6) is 0 Å². The summed E-state index contributed by atoms with van der Waals surface area (Å²) in [6.45, 7) is 2.25. The highest BCUT2D eigenvalue weighted by molar-refractivity contribution is 9.10. The third-order valence-corrected chi connectivity index (χ3v) is 8.19. The Labute approximate surface area is 149 Å². The van der Waals surface area contributed by atoms with Crippen LogP contribution in [0.25, 0.3) is 0 Å². The molecule has 5 fully saturated rings. The van der Waals surface area contributed by atoms with E-state index in [1.54, 1.807) is 0 Å². The van der Waals surface area contributed by atoms with Crippen LogP contribution >= 0.6 is 15.9 Å². The summed E-state index contributed by atoms with van der Waals surface area (Å²) in [6, 6.07) is 0.463. The standard InChI is InChI=1S/C19H31BrN2O/c1-21-5-3-16(4-6-21)22(2)17(23)12-18-8-14-7-15(9-18)11-19(20,10-14)13-18/h14-16H,3-13H2,1-2H3/t14-,15-,18?,19?/m1/s1. The van der Waals surface area contributed by atoms with Gasteiger partial charge in [-0.05, 0) is 88.8 Å². The quantitative estimate of drug-likeness (QED) is 0.695. The second kappa shape index (κ2) is 5.72. The van der Waals surface area contributed by atoms with Crippen molar-refractivity contribution in [3.8, 4) is 0 Å². The summed E-state index contributed by atoms with van der Waals surface area (Å²) in [5.74, 6) is 2.16. The second-order valence-corrected chi connectivity index (χ2v) is 11.0. The van der Waals surface area contributed by atoms with Gasteiger partial charge in [0, 0.05) is 23.8 Å². The molecule has 4 heteroatoms. The number of nitrogens with zero attached hydrogens (tertiary/aromatic N) is 2. The molecule has 23 heavy (non-hydrogen) atoms. The number of amides is 1. The molecule has 1 aliphatic heterocycles. The lowest BCUT2D eigenvalue weighted by molar-refractivity contribution is -0.140. The molecule has 4 bridgehead atoms. The number of alkyl halides is 1. The van der Waals surface area contributed by atoms with Gasteiger partial charge in [0.25, 0.3) is 0 Å². The van der Waals surface area contributed by atoms with Crippen molar-refractivity contribution in [1.29, 1.82) is 0 Å². The van der Waals surface area contributed by atoms with E-state index in [0.717, 1.165) is 44.2 Å². The van der Waals surface area contributed by atoms with Gasteiger partial charge < -0.3 is 9.80 Å². The van der Waals surface area contributed by atoms with Crippen LogP contribution in [0.1, 0.15) is 57.8 Å². The van der Waals surface area contributed by atoms with Crippen LogP contribution < -0.4 is 0 Å². The average Bonchev–Trinajstić information content (AvgIpc) is 2.44. The first-order chi connectivity index (χ1) is 10.9. The summed E-state index contributed by atoms with van der Waals surface area (Å²) >= 11 is 4.07. The molecule has 0 radical (unpaired) electrons. The van der Waals surface area contributed by atoms with E-state index >= 15 is 0 Å². The monoisotopic (exact) mass is 382 g/mol. The number of hydrogen-bond acceptors (Lipinski definition) is 2. The van der Waals surface area contributed by atoms with Crippen molar-refractivity contribution >= 4 is 21.8 Å². The summed E-state index contributed by atoms with van der Waals surface area (Å²) in [5, 5.41) is 0. The Balaban J connectivity index is 1.42. The van der Waals surface area contributed by atoms with E-state index in [4.69, 9.17) is 0 Å². The van der Waals surface area contributed by atoms with E-state index in [1.165, 1.54) is 38.5 Å². The van der Waals surface area contributed by atoms with E-state index in [-0.39, 0.29) is 0 Å². The first kappa shape index (κ1) is 16.4. The van der Waals surface area contributed by atoms with Crippen LogP contribution in [0.2, 0.25) is 0 Å². The van der Waals surface area contributed by atoms with Crippen LogP contribution in [0, 0.1) is 17.3 Å². The number of carbonyl (C=O) groups excluding carboxylic acids is 1. The SMILES string of the molecule is CN1CCC(N(C)C(=O)CC23C[C@H]4C[C@@H](CC(Br)(C4)C2)C3)CC1. The summed E-state index contributed by atoms with van der Waals surface area (Å²) in [5.41, 5.74) is 0.310. The van der Waals surface area contributed by atoms with Gasteiger partial charge in [0.05, 0.1) is 0 Å². The van der Waals surface area contributed by atoms with Crippen LogP contribution in [0.4, 0.5) is 0 Å². The van der Waals surface area contributed by atoms with Crippen LogP contribution in [-0.2, 0) is 4.79 Å². The largest absolute Gasteiger partial charge is 0.343 e. The molecule has 1 heterocycles.